The smallest absolute Gasteiger partial charge is 0.248 e. The molecule has 168 valence electrons. The van der Waals surface area contributed by atoms with Gasteiger partial charge < -0.3 is 14.8 Å². The minimum absolute atomic E-state index is 0.175. The van der Waals surface area contributed by atoms with Crippen molar-refractivity contribution in [3.63, 3.8) is 0 Å². The van der Waals surface area contributed by atoms with Crippen LogP contribution >= 0.6 is 11.3 Å². The topological polar surface area (TPSA) is 50.8 Å². The first-order valence-electron chi connectivity index (χ1n) is 11.1. The first-order valence-corrected chi connectivity index (χ1v) is 12.1. The maximum atomic E-state index is 12.3. The van der Waals surface area contributed by atoms with Gasteiger partial charge in [0.15, 0.2) is 11.5 Å². The highest BCUT2D eigenvalue weighted by molar-refractivity contribution is 7.08. The predicted molar refractivity (Wildman–Crippen MR) is 129 cm³/mol. The monoisotopic (exact) mass is 442 g/mol. The number of hydrogen-bond acceptors (Lipinski definition) is 5. The van der Waals surface area contributed by atoms with Crippen LogP contribution in [0.25, 0.3) is 6.08 Å². The van der Waals surface area contributed by atoms with E-state index in [0.717, 1.165) is 12.1 Å². The molecular formula is C25H34N2O3S. The number of carbonyl (C=O) groups is 1. The number of amides is 1. The molecule has 1 fully saturated rings. The van der Waals surface area contributed by atoms with Crippen molar-refractivity contribution >= 4 is 29.0 Å². The maximum Gasteiger partial charge on any atom is 0.248 e. The fourth-order valence-corrected chi connectivity index (χ4v) is 4.76. The first kappa shape index (κ1) is 23.4. The minimum Gasteiger partial charge on any atom is -0.493 e. The quantitative estimate of drug-likeness (QED) is 0.470. The number of nitrogens with zero attached hydrogens (tertiary/aromatic N) is 1. The molecule has 2 aromatic rings. The lowest BCUT2D eigenvalue weighted by atomic mass is 9.93. The number of ether oxygens (including phenoxy) is 2. The summed E-state index contributed by atoms with van der Waals surface area (Å²) in [7, 11) is 1.63. The van der Waals surface area contributed by atoms with E-state index in [1.54, 1.807) is 24.5 Å². The zero-order valence-corrected chi connectivity index (χ0v) is 19.6. The van der Waals surface area contributed by atoms with Crippen molar-refractivity contribution in [2.24, 2.45) is 0 Å². The van der Waals surface area contributed by atoms with Crippen molar-refractivity contribution in [3.8, 4) is 11.5 Å². The van der Waals surface area contributed by atoms with Gasteiger partial charge in [0.25, 0.3) is 0 Å². The third-order valence-electron chi connectivity index (χ3n) is 5.72. The van der Waals surface area contributed by atoms with Crippen molar-refractivity contribution in [3.05, 3.63) is 46.7 Å². The van der Waals surface area contributed by atoms with Crippen LogP contribution in [0.4, 0.5) is 5.69 Å². The number of rotatable bonds is 10. The summed E-state index contributed by atoms with van der Waals surface area (Å²) in [5, 5.41) is 6.88. The average molecular weight is 443 g/mol. The van der Waals surface area contributed by atoms with Crippen LogP contribution in [0.5, 0.6) is 11.5 Å². The Morgan fingerprint density at radius 1 is 1.23 bits per heavy atom. The van der Waals surface area contributed by atoms with Gasteiger partial charge in [-0.2, -0.15) is 11.3 Å². The number of nitrogens with one attached hydrogen (secondary N) is 1. The van der Waals surface area contributed by atoms with Crippen molar-refractivity contribution < 1.29 is 14.3 Å². The van der Waals surface area contributed by atoms with Crippen LogP contribution in [0.2, 0.25) is 0 Å². The normalized spacial score (nSPS) is 15.0. The molecule has 0 aliphatic heterocycles. The first-order chi connectivity index (χ1) is 15.1. The highest BCUT2D eigenvalue weighted by atomic mass is 32.1. The maximum absolute atomic E-state index is 12.3. The lowest BCUT2D eigenvalue weighted by Crippen LogP contribution is -2.43. The summed E-state index contributed by atoms with van der Waals surface area (Å²) in [4.78, 5) is 14.8. The summed E-state index contributed by atoms with van der Waals surface area (Å²) >= 11 is 1.60. The van der Waals surface area contributed by atoms with Gasteiger partial charge >= 0.3 is 0 Å². The summed E-state index contributed by atoms with van der Waals surface area (Å²) in [6, 6.07) is 8.60. The van der Waals surface area contributed by atoms with E-state index in [-0.39, 0.29) is 5.91 Å². The molecule has 0 unspecified atom stereocenters. The van der Waals surface area contributed by atoms with E-state index in [4.69, 9.17) is 9.47 Å². The van der Waals surface area contributed by atoms with E-state index >= 15 is 0 Å². The van der Waals surface area contributed by atoms with E-state index in [2.05, 4.69) is 24.1 Å². The molecule has 6 heteroatoms. The van der Waals surface area contributed by atoms with Gasteiger partial charge in [-0.15, -0.1) is 0 Å². The molecule has 5 nitrogen and oxygen atoms in total. The fraction of sp³-hybridized carbons (Fsp3) is 0.480. The summed E-state index contributed by atoms with van der Waals surface area (Å²) in [5.41, 5.74) is 1.70. The Balaban J connectivity index is 1.58. The number of anilines is 1. The Morgan fingerprint density at radius 3 is 2.71 bits per heavy atom. The molecule has 1 saturated carbocycles. The second-order valence-electron chi connectivity index (χ2n) is 8.22. The molecule has 1 aromatic carbocycles. The van der Waals surface area contributed by atoms with Crippen LogP contribution in [0.15, 0.2) is 41.1 Å². The number of thiophene rings is 1. The van der Waals surface area contributed by atoms with E-state index in [1.165, 1.54) is 38.2 Å². The molecule has 1 N–H and O–H groups in total. The van der Waals surface area contributed by atoms with E-state index in [9.17, 15) is 4.79 Å². The lowest BCUT2D eigenvalue weighted by molar-refractivity contribution is -0.111. The molecular weight excluding hydrogens is 408 g/mol. The van der Waals surface area contributed by atoms with Crippen molar-refractivity contribution in [1.82, 2.24) is 4.90 Å². The molecule has 0 atom stereocenters. The Hall–Kier alpha value is -2.31. The number of carbonyl (C=O) groups excluding carboxylic acids is 1. The van der Waals surface area contributed by atoms with Crippen molar-refractivity contribution in [1.29, 1.82) is 0 Å². The van der Waals surface area contributed by atoms with E-state index in [0.29, 0.717) is 35.9 Å². The van der Waals surface area contributed by atoms with Crippen LogP contribution in [0.3, 0.4) is 0 Å². The molecule has 1 aromatic heterocycles. The fourth-order valence-electron chi connectivity index (χ4n) is 4.13. The highest BCUT2D eigenvalue weighted by Gasteiger charge is 2.23. The SMILES string of the molecule is COc1ccc(NC(=O)C=Cc2ccsc2)cc1OCCN(C(C)C)C1CCCCC1. The Morgan fingerprint density at radius 2 is 2.03 bits per heavy atom. The molecule has 0 spiro atoms. The van der Waals surface area contributed by atoms with Crippen LogP contribution in [0.1, 0.15) is 51.5 Å². The van der Waals surface area contributed by atoms with Crippen molar-refractivity contribution in [2.45, 2.75) is 58.0 Å². The molecule has 31 heavy (non-hydrogen) atoms. The third-order valence-corrected chi connectivity index (χ3v) is 6.42. The van der Waals surface area contributed by atoms with Gasteiger partial charge in [0.2, 0.25) is 5.91 Å². The lowest BCUT2D eigenvalue weighted by Gasteiger charge is -2.37. The minimum atomic E-state index is -0.175. The summed E-state index contributed by atoms with van der Waals surface area (Å²) in [5.74, 6) is 1.14. The van der Waals surface area contributed by atoms with Crippen LogP contribution < -0.4 is 14.8 Å². The zero-order valence-electron chi connectivity index (χ0n) is 18.8. The molecule has 1 heterocycles. The molecule has 1 amide bonds. The Labute approximate surface area is 190 Å². The molecule has 0 radical (unpaired) electrons. The molecule has 0 bridgehead atoms. The van der Waals surface area contributed by atoms with Crippen LogP contribution in [-0.4, -0.2) is 43.2 Å². The molecule has 1 aliphatic rings. The highest BCUT2D eigenvalue weighted by Crippen LogP contribution is 2.31. The third kappa shape index (κ3) is 7.11. The standard InChI is InChI=1S/C25H34N2O3S/c1-19(2)27(22-7-5-4-6-8-22)14-15-30-24-17-21(10-11-23(24)29-3)26-25(28)12-9-20-13-16-31-18-20/h9-13,16-19,22H,4-8,14-15H2,1-3H3,(H,26,28). The molecule has 3 rings (SSSR count). The zero-order chi connectivity index (χ0) is 22.1. The van der Waals surface area contributed by atoms with E-state index in [1.807, 2.05) is 35.0 Å². The predicted octanol–water partition coefficient (Wildman–Crippen LogP) is 5.83. The van der Waals surface area contributed by atoms with Crippen molar-refractivity contribution in [2.75, 3.05) is 25.6 Å². The molecule has 0 saturated heterocycles. The Bertz CT molecular complexity index is 842. The van der Waals surface area contributed by atoms with E-state index < -0.39 is 0 Å². The van der Waals surface area contributed by atoms with Gasteiger partial charge in [-0.3, -0.25) is 9.69 Å². The number of benzene rings is 1. The van der Waals surface area contributed by atoms with Gasteiger partial charge in [-0.25, -0.2) is 0 Å². The summed E-state index contributed by atoms with van der Waals surface area (Å²) < 4.78 is 11.6. The second-order valence-corrected chi connectivity index (χ2v) is 9.00. The average Bonchev–Trinajstić information content (AvgIpc) is 3.29. The van der Waals surface area contributed by atoms with Crippen LogP contribution in [0, 0.1) is 0 Å². The largest absolute Gasteiger partial charge is 0.493 e. The van der Waals surface area contributed by atoms with Gasteiger partial charge in [0.05, 0.1) is 7.11 Å². The second kappa shape index (κ2) is 11.9. The summed E-state index contributed by atoms with van der Waals surface area (Å²) in [6.45, 7) is 5.98. The number of hydrogen-bond donors (Lipinski definition) is 1. The Kier molecular flexibility index (Phi) is 8.98. The summed E-state index contributed by atoms with van der Waals surface area (Å²) in [6.07, 6.45) is 9.91. The van der Waals surface area contributed by atoms with Gasteiger partial charge in [-0.1, -0.05) is 19.3 Å². The van der Waals surface area contributed by atoms with Gasteiger partial charge in [0.1, 0.15) is 6.61 Å². The van der Waals surface area contributed by atoms with Crippen LogP contribution in [-0.2, 0) is 4.79 Å². The number of methoxy groups -OCH3 is 1. The van der Waals surface area contributed by atoms with Gasteiger partial charge in [0, 0.05) is 36.5 Å². The molecule has 1 aliphatic carbocycles. The van der Waals surface area contributed by atoms with Gasteiger partial charge in [-0.05, 0) is 67.3 Å².